The molecule has 1 N–H and O–H groups in total. The summed E-state index contributed by atoms with van der Waals surface area (Å²) in [6.45, 7) is 10.8. The second kappa shape index (κ2) is 11.1. The van der Waals surface area contributed by atoms with E-state index in [0.29, 0.717) is 0 Å². The standard InChI is InChI=1S/C20H35N5/c1-4-21-20(24(3)18-19-10-6-5-7-11-19)22-12-8-14-25-15-9-13-23(2)16-17-25/h5-7,10-11H,4,8-9,12-18H2,1-3H3,(H,21,22). The first-order chi connectivity index (χ1) is 12.2. The summed E-state index contributed by atoms with van der Waals surface area (Å²) in [5, 5.41) is 3.41. The number of aliphatic imine (C=N–C) groups is 1. The maximum Gasteiger partial charge on any atom is 0.193 e. The van der Waals surface area contributed by atoms with E-state index in [2.05, 4.69) is 71.4 Å². The van der Waals surface area contributed by atoms with E-state index in [1.54, 1.807) is 0 Å². The minimum atomic E-state index is 0.880. The van der Waals surface area contributed by atoms with E-state index in [-0.39, 0.29) is 0 Å². The van der Waals surface area contributed by atoms with E-state index < -0.39 is 0 Å². The van der Waals surface area contributed by atoms with Gasteiger partial charge in [0, 0.05) is 39.8 Å². The van der Waals surface area contributed by atoms with Crippen molar-refractivity contribution in [2.75, 3.05) is 59.9 Å². The number of likely N-dealkylation sites (N-methyl/N-ethyl adjacent to an activating group) is 1. The van der Waals surface area contributed by atoms with Gasteiger partial charge < -0.3 is 20.0 Å². The number of hydrogen-bond donors (Lipinski definition) is 1. The van der Waals surface area contributed by atoms with Crippen LogP contribution in [0.15, 0.2) is 35.3 Å². The van der Waals surface area contributed by atoms with E-state index in [1.165, 1.54) is 38.2 Å². The topological polar surface area (TPSA) is 34.1 Å². The molecule has 1 fully saturated rings. The smallest absolute Gasteiger partial charge is 0.193 e. The Kier molecular flexibility index (Phi) is 8.77. The molecule has 140 valence electrons. The van der Waals surface area contributed by atoms with Crippen LogP contribution in [0.1, 0.15) is 25.3 Å². The molecule has 0 amide bonds. The molecule has 25 heavy (non-hydrogen) atoms. The van der Waals surface area contributed by atoms with Crippen LogP contribution < -0.4 is 5.32 Å². The van der Waals surface area contributed by atoms with Gasteiger partial charge in [0.15, 0.2) is 5.96 Å². The van der Waals surface area contributed by atoms with Crippen molar-refractivity contribution in [1.29, 1.82) is 0 Å². The van der Waals surface area contributed by atoms with E-state index >= 15 is 0 Å². The Hall–Kier alpha value is -1.59. The van der Waals surface area contributed by atoms with Gasteiger partial charge in [-0.1, -0.05) is 30.3 Å². The molecule has 0 spiro atoms. The summed E-state index contributed by atoms with van der Waals surface area (Å²) in [7, 11) is 4.33. The molecule has 0 atom stereocenters. The molecule has 1 aliphatic heterocycles. The van der Waals surface area contributed by atoms with Gasteiger partial charge in [0.25, 0.3) is 0 Å². The van der Waals surface area contributed by atoms with E-state index in [4.69, 9.17) is 4.99 Å². The van der Waals surface area contributed by atoms with Crippen LogP contribution in [0.2, 0.25) is 0 Å². The van der Waals surface area contributed by atoms with Crippen LogP contribution in [-0.4, -0.2) is 80.6 Å². The third-order valence-corrected chi connectivity index (χ3v) is 4.67. The van der Waals surface area contributed by atoms with Crippen molar-refractivity contribution >= 4 is 5.96 Å². The van der Waals surface area contributed by atoms with Crippen LogP contribution in [0.3, 0.4) is 0 Å². The third-order valence-electron chi connectivity index (χ3n) is 4.67. The number of benzene rings is 1. The van der Waals surface area contributed by atoms with Gasteiger partial charge in [-0.3, -0.25) is 4.99 Å². The van der Waals surface area contributed by atoms with Gasteiger partial charge in [-0.25, -0.2) is 0 Å². The minimum absolute atomic E-state index is 0.880. The Morgan fingerprint density at radius 1 is 1.16 bits per heavy atom. The lowest BCUT2D eigenvalue weighted by Crippen LogP contribution is -2.38. The van der Waals surface area contributed by atoms with Gasteiger partial charge in [-0.05, 0) is 52.0 Å². The largest absolute Gasteiger partial charge is 0.357 e. The zero-order valence-electron chi connectivity index (χ0n) is 16.2. The fourth-order valence-corrected chi connectivity index (χ4v) is 3.20. The number of hydrogen-bond acceptors (Lipinski definition) is 3. The lowest BCUT2D eigenvalue weighted by Gasteiger charge is -2.23. The van der Waals surface area contributed by atoms with Crippen molar-refractivity contribution in [3.05, 3.63) is 35.9 Å². The minimum Gasteiger partial charge on any atom is -0.357 e. The molecular weight excluding hydrogens is 310 g/mol. The Bertz CT molecular complexity index is 502. The summed E-state index contributed by atoms with van der Waals surface area (Å²) in [4.78, 5) is 12.0. The summed E-state index contributed by atoms with van der Waals surface area (Å²) >= 11 is 0. The zero-order chi connectivity index (χ0) is 17.9. The van der Waals surface area contributed by atoms with Gasteiger partial charge in [-0.15, -0.1) is 0 Å². The Labute approximate surface area is 153 Å². The monoisotopic (exact) mass is 345 g/mol. The van der Waals surface area contributed by atoms with E-state index in [1.807, 2.05) is 0 Å². The second-order valence-electron chi connectivity index (χ2n) is 6.93. The molecule has 1 aromatic carbocycles. The summed E-state index contributed by atoms with van der Waals surface area (Å²) in [6.07, 6.45) is 2.40. The molecule has 0 aliphatic carbocycles. The lowest BCUT2D eigenvalue weighted by molar-refractivity contribution is 0.275. The normalized spacial score (nSPS) is 17.3. The number of nitrogens with one attached hydrogen (secondary N) is 1. The highest BCUT2D eigenvalue weighted by Gasteiger charge is 2.11. The van der Waals surface area contributed by atoms with Crippen LogP contribution >= 0.6 is 0 Å². The van der Waals surface area contributed by atoms with E-state index in [9.17, 15) is 0 Å². The molecule has 1 heterocycles. The average Bonchev–Trinajstić information content (AvgIpc) is 2.83. The summed E-state index contributed by atoms with van der Waals surface area (Å²) in [5.41, 5.74) is 1.31. The Morgan fingerprint density at radius 3 is 2.72 bits per heavy atom. The number of rotatable bonds is 7. The molecule has 1 aromatic rings. The molecule has 0 unspecified atom stereocenters. The van der Waals surface area contributed by atoms with Gasteiger partial charge in [0.1, 0.15) is 0 Å². The summed E-state index contributed by atoms with van der Waals surface area (Å²) in [6, 6.07) is 10.6. The summed E-state index contributed by atoms with van der Waals surface area (Å²) in [5.74, 6) is 1.00. The lowest BCUT2D eigenvalue weighted by atomic mass is 10.2. The van der Waals surface area contributed by atoms with Crippen LogP contribution in [-0.2, 0) is 6.54 Å². The molecule has 0 bridgehead atoms. The molecule has 0 saturated carbocycles. The average molecular weight is 346 g/mol. The van der Waals surface area contributed by atoms with E-state index in [0.717, 1.165) is 38.6 Å². The third kappa shape index (κ3) is 7.45. The number of nitrogens with zero attached hydrogens (tertiary/aromatic N) is 4. The van der Waals surface area contributed by atoms with Gasteiger partial charge >= 0.3 is 0 Å². The predicted octanol–water partition coefficient (Wildman–Crippen LogP) is 2.11. The quantitative estimate of drug-likeness (QED) is 0.466. The highest BCUT2D eigenvalue weighted by Crippen LogP contribution is 2.04. The second-order valence-corrected chi connectivity index (χ2v) is 6.93. The zero-order valence-corrected chi connectivity index (χ0v) is 16.2. The van der Waals surface area contributed by atoms with Crippen molar-refractivity contribution in [2.45, 2.75) is 26.3 Å². The maximum atomic E-state index is 4.83. The van der Waals surface area contributed by atoms with Crippen molar-refractivity contribution in [3.63, 3.8) is 0 Å². The SMILES string of the molecule is CCNC(=NCCCN1CCCN(C)CC1)N(C)Cc1ccccc1. The Balaban J connectivity index is 1.78. The van der Waals surface area contributed by atoms with Crippen molar-refractivity contribution in [3.8, 4) is 0 Å². The number of guanidine groups is 1. The first kappa shape index (κ1) is 19.7. The molecule has 5 nitrogen and oxygen atoms in total. The van der Waals surface area contributed by atoms with Crippen molar-refractivity contribution in [1.82, 2.24) is 20.0 Å². The molecule has 5 heteroatoms. The molecule has 0 aromatic heterocycles. The fraction of sp³-hybridized carbons (Fsp3) is 0.650. The summed E-state index contributed by atoms with van der Waals surface area (Å²) < 4.78 is 0. The van der Waals surface area contributed by atoms with Crippen molar-refractivity contribution < 1.29 is 0 Å². The first-order valence-electron chi connectivity index (χ1n) is 9.63. The van der Waals surface area contributed by atoms with Crippen LogP contribution in [0.4, 0.5) is 0 Å². The molecular formula is C20H35N5. The highest BCUT2D eigenvalue weighted by atomic mass is 15.3. The Morgan fingerprint density at radius 2 is 1.96 bits per heavy atom. The first-order valence-corrected chi connectivity index (χ1v) is 9.63. The van der Waals surface area contributed by atoms with Crippen LogP contribution in [0, 0.1) is 0 Å². The molecule has 1 saturated heterocycles. The fourth-order valence-electron chi connectivity index (χ4n) is 3.20. The van der Waals surface area contributed by atoms with Crippen molar-refractivity contribution in [2.24, 2.45) is 4.99 Å². The van der Waals surface area contributed by atoms with Gasteiger partial charge in [0.2, 0.25) is 0 Å². The molecule has 0 radical (unpaired) electrons. The van der Waals surface area contributed by atoms with Gasteiger partial charge in [-0.2, -0.15) is 0 Å². The maximum absolute atomic E-state index is 4.83. The molecule has 1 aliphatic rings. The molecule has 2 rings (SSSR count). The van der Waals surface area contributed by atoms with Gasteiger partial charge in [0.05, 0.1) is 0 Å². The van der Waals surface area contributed by atoms with Crippen LogP contribution in [0.5, 0.6) is 0 Å². The van der Waals surface area contributed by atoms with Crippen LogP contribution in [0.25, 0.3) is 0 Å². The predicted molar refractivity (Wildman–Crippen MR) is 107 cm³/mol. The highest BCUT2D eigenvalue weighted by molar-refractivity contribution is 5.79.